The molecule has 1 unspecified atom stereocenters. The summed E-state index contributed by atoms with van der Waals surface area (Å²) in [5, 5.41) is 0. The molecule has 4 heteroatoms. The first-order valence-electron chi connectivity index (χ1n) is 6.43. The highest BCUT2D eigenvalue weighted by molar-refractivity contribution is 5.80. The molecule has 0 amide bonds. The van der Waals surface area contributed by atoms with E-state index in [9.17, 15) is 4.79 Å². The minimum absolute atomic E-state index is 0.140. The van der Waals surface area contributed by atoms with Gasteiger partial charge >= 0.3 is 0 Å². The Labute approximate surface area is 102 Å². The molecule has 0 bridgehead atoms. The molecule has 4 nitrogen and oxygen atoms in total. The molecule has 1 aliphatic rings. The predicted octanol–water partition coefficient (Wildman–Crippen LogP) is 1.97. The van der Waals surface area contributed by atoms with Crippen molar-refractivity contribution in [3.05, 3.63) is 18.2 Å². The fourth-order valence-corrected chi connectivity index (χ4v) is 2.27. The number of carbonyl (C=O) groups excluding carboxylic acids is 1. The lowest BCUT2D eigenvalue weighted by Gasteiger charge is -2.21. The highest BCUT2D eigenvalue weighted by atomic mass is 16.5. The highest BCUT2D eigenvalue weighted by Gasteiger charge is 2.18. The van der Waals surface area contributed by atoms with Crippen LogP contribution in [0.15, 0.2) is 12.4 Å². The lowest BCUT2D eigenvalue weighted by atomic mass is 10.0. The van der Waals surface area contributed by atoms with Gasteiger partial charge in [-0.15, -0.1) is 0 Å². The van der Waals surface area contributed by atoms with Gasteiger partial charge in [0.15, 0.2) is 0 Å². The first-order valence-corrected chi connectivity index (χ1v) is 6.43. The van der Waals surface area contributed by atoms with Gasteiger partial charge in [0.25, 0.3) is 0 Å². The molecule has 0 saturated carbocycles. The van der Waals surface area contributed by atoms with Crippen molar-refractivity contribution in [3.8, 4) is 0 Å². The maximum absolute atomic E-state index is 11.9. The van der Waals surface area contributed by atoms with E-state index >= 15 is 0 Å². The number of carbonyl (C=O) groups is 1. The van der Waals surface area contributed by atoms with E-state index in [0.717, 1.165) is 31.8 Å². The van der Waals surface area contributed by atoms with Crippen LogP contribution in [0.25, 0.3) is 0 Å². The summed E-state index contributed by atoms with van der Waals surface area (Å²) in [5.41, 5.74) is 0. The summed E-state index contributed by atoms with van der Waals surface area (Å²) >= 11 is 0. The lowest BCUT2D eigenvalue weighted by molar-refractivity contribution is -0.122. The van der Waals surface area contributed by atoms with E-state index in [0.29, 0.717) is 12.8 Å². The Morgan fingerprint density at radius 3 is 3.18 bits per heavy atom. The number of aromatic nitrogens is 2. The summed E-state index contributed by atoms with van der Waals surface area (Å²) in [6.07, 6.45) is 8.11. The molecule has 1 fully saturated rings. The van der Waals surface area contributed by atoms with Crippen molar-refractivity contribution in [2.45, 2.75) is 51.7 Å². The van der Waals surface area contributed by atoms with Gasteiger partial charge < -0.3 is 9.30 Å². The van der Waals surface area contributed by atoms with Gasteiger partial charge in [-0.2, -0.15) is 0 Å². The largest absolute Gasteiger partial charge is 0.378 e. The van der Waals surface area contributed by atoms with Crippen molar-refractivity contribution in [2.75, 3.05) is 6.61 Å². The average Bonchev–Trinajstić information content (AvgIpc) is 2.77. The van der Waals surface area contributed by atoms with Crippen LogP contribution in [0, 0.1) is 0 Å². The molecule has 1 aliphatic heterocycles. The van der Waals surface area contributed by atoms with Gasteiger partial charge in [-0.25, -0.2) is 4.98 Å². The van der Waals surface area contributed by atoms with Gasteiger partial charge in [0.2, 0.25) is 0 Å². The van der Waals surface area contributed by atoms with Crippen molar-refractivity contribution in [3.63, 3.8) is 0 Å². The average molecular weight is 236 g/mol. The van der Waals surface area contributed by atoms with Gasteiger partial charge in [-0.3, -0.25) is 4.79 Å². The van der Waals surface area contributed by atoms with E-state index in [4.69, 9.17) is 4.74 Å². The number of ether oxygens (including phenoxy) is 1. The third-order valence-electron chi connectivity index (χ3n) is 3.23. The van der Waals surface area contributed by atoms with E-state index < -0.39 is 0 Å². The summed E-state index contributed by atoms with van der Waals surface area (Å²) in [6.45, 7) is 3.73. The van der Waals surface area contributed by atoms with Crippen molar-refractivity contribution < 1.29 is 9.53 Å². The number of hydrogen-bond acceptors (Lipinski definition) is 3. The van der Waals surface area contributed by atoms with Crippen LogP contribution >= 0.6 is 0 Å². The second-order valence-corrected chi connectivity index (χ2v) is 4.54. The fraction of sp³-hybridized carbons (Fsp3) is 0.692. The number of imidazole rings is 1. The maximum atomic E-state index is 11.9. The molecule has 2 heterocycles. The molecule has 17 heavy (non-hydrogen) atoms. The van der Waals surface area contributed by atoms with Crippen LogP contribution in [0.4, 0.5) is 0 Å². The van der Waals surface area contributed by atoms with Crippen LogP contribution in [-0.2, 0) is 22.5 Å². The monoisotopic (exact) mass is 236 g/mol. The van der Waals surface area contributed by atoms with Gasteiger partial charge in [-0.1, -0.05) is 0 Å². The second kappa shape index (κ2) is 5.96. The smallest absolute Gasteiger partial charge is 0.142 e. The Balaban J connectivity index is 1.84. The number of hydrogen-bond donors (Lipinski definition) is 0. The van der Waals surface area contributed by atoms with Crippen molar-refractivity contribution in [2.24, 2.45) is 0 Å². The second-order valence-electron chi connectivity index (χ2n) is 4.54. The minimum atomic E-state index is 0.140. The van der Waals surface area contributed by atoms with Crippen LogP contribution in [0.3, 0.4) is 0 Å². The van der Waals surface area contributed by atoms with Crippen LogP contribution in [0.1, 0.15) is 38.4 Å². The molecule has 1 saturated heterocycles. The third kappa shape index (κ3) is 3.40. The Hall–Kier alpha value is -1.16. The van der Waals surface area contributed by atoms with Gasteiger partial charge in [-0.05, 0) is 26.2 Å². The normalized spacial score (nSPS) is 20.4. The zero-order chi connectivity index (χ0) is 12.1. The summed E-state index contributed by atoms with van der Waals surface area (Å²) in [4.78, 5) is 16.1. The highest BCUT2D eigenvalue weighted by Crippen LogP contribution is 2.16. The molecule has 2 rings (SSSR count). The molecule has 0 N–H and O–H groups in total. The van der Waals surface area contributed by atoms with E-state index in [-0.39, 0.29) is 11.9 Å². The summed E-state index contributed by atoms with van der Waals surface area (Å²) in [6, 6.07) is 0. The predicted molar refractivity (Wildman–Crippen MR) is 64.8 cm³/mol. The van der Waals surface area contributed by atoms with Crippen molar-refractivity contribution in [1.82, 2.24) is 9.55 Å². The standard InChI is InChI=1S/C13H20N2O2/c1-2-15-7-6-14-13(15)10-11(16)9-12-5-3-4-8-17-12/h6-7,12H,2-5,8-10H2,1H3. The number of ketones is 1. The van der Waals surface area contributed by atoms with Gasteiger partial charge in [0.1, 0.15) is 11.6 Å². The topological polar surface area (TPSA) is 44.1 Å². The molecule has 94 valence electrons. The van der Waals surface area contributed by atoms with Crippen LogP contribution in [0.5, 0.6) is 0 Å². The van der Waals surface area contributed by atoms with E-state index in [1.165, 1.54) is 6.42 Å². The SMILES string of the molecule is CCn1ccnc1CC(=O)CC1CCCCO1. The lowest BCUT2D eigenvalue weighted by Crippen LogP contribution is -2.23. The Morgan fingerprint density at radius 1 is 1.59 bits per heavy atom. The zero-order valence-corrected chi connectivity index (χ0v) is 10.4. The number of Topliss-reactive ketones (excluding diaryl/α,β-unsaturated/α-hetero) is 1. The minimum Gasteiger partial charge on any atom is -0.378 e. The molecular weight excluding hydrogens is 216 g/mol. The molecule has 0 aliphatic carbocycles. The van der Waals surface area contributed by atoms with E-state index in [2.05, 4.69) is 11.9 Å². The molecule has 1 aromatic rings. The van der Waals surface area contributed by atoms with Crippen LogP contribution < -0.4 is 0 Å². The molecule has 1 atom stereocenters. The van der Waals surface area contributed by atoms with Crippen molar-refractivity contribution in [1.29, 1.82) is 0 Å². The first kappa shape index (κ1) is 12.3. The quantitative estimate of drug-likeness (QED) is 0.785. The van der Waals surface area contributed by atoms with Gasteiger partial charge in [0, 0.05) is 32.0 Å². The van der Waals surface area contributed by atoms with Crippen molar-refractivity contribution >= 4 is 5.78 Å². The van der Waals surface area contributed by atoms with Crippen LogP contribution in [-0.4, -0.2) is 28.0 Å². The molecular formula is C13H20N2O2. The summed E-state index contributed by atoms with van der Waals surface area (Å²) in [7, 11) is 0. The van der Waals surface area contributed by atoms with Crippen LogP contribution in [0.2, 0.25) is 0 Å². The zero-order valence-electron chi connectivity index (χ0n) is 10.4. The molecule has 1 aromatic heterocycles. The Bertz CT molecular complexity index is 367. The third-order valence-corrected chi connectivity index (χ3v) is 3.23. The Morgan fingerprint density at radius 2 is 2.47 bits per heavy atom. The summed E-state index contributed by atoms with van der Waals surface area (Å²) < 4.78 is 7.59. The maximum Gasteiger partial charge on any atom is 0.142 e. The number of aryl methyl sites for hydroxylation is 1. The van der Waals surface area contributed by atoms with Gasteiger partial charge in [0.05, 0.1) is 12.5 Å². The Kier molecular flexibility index (Phi) is 4.31. The fourth-order valence-electron chi connectivity index (χ4n) is 2.27. The molecule has 0 aromatic carbocycles. The first-order chi connectivity index (χ1) is 8.29. The molecule has 0 radical (unpaired) electrons. The molecule has 0 spiro atoms. The van der Waals surface area contributed by atoms with E-state index in [1.807, 2.05) is 10.8 Å². The number of rotatable bonds is 5. The number of nitrogens with zero attached hydrogens (tertiary/aromatic N) is 2. The van der Waals surface area contributed by atoms with E-state index in [1.54, 1.807) is 6.20 Å². The summed E-state index contributed by atoms with van der Waals surface area (Å²) in [5.74, 6) is 1.10.